The molecule has 1 aliphatic heterocycles. The minimum atomic E-state index is -0.508. The number of hydrogen-bond donors (Lipinski definition) is 0. The lowest BCUT2D eigenvalue weighted by Crippen LogP contribution is -2.44. The van der Waals surface area contributed by atoms with Crippen molar-refractivity contribution in [1.82, 2.24) is 0 Å². The Morgan fingerprint density at radius 2 is 2.12 bits per heavy atom. The summed E-state index contributed by atoms with van der Waals surface area (Å²) in [6.07, 6.45) is 5.14. The molecule has 2 saturated carbocycles. The molecule has 0 N–H and O–H groups in total. The summed E-state index contributed by atoms with van der Waals surface area (Å²) in [5.41, 5.74) is 1.03. The van der Waals surface area contributed by atoms with Crippen LogP contribution in [0.15, 0.2) is 23.8 Å². The van der Waals surface area contributed by atoms with Crippen molar-refractivity contribution < 1.29 is 19.1 Å². The molecule has 1 unspecified atom stereocenters. The van der Waals surface area contributed by atoms with Crippen molar-refractivity contribution in [3.63, 3.8) is 0 Å². The molecule has 1 saturated heterocycles. The van der Waals surface area contributed by atoms with Crippen LogP contribution in [0.1, 0.15) is 53.4 Å². The molecule has 132 valence electrons. The van der Waals surface area contributed by atoms with Crippen LogP contribution in [-0.2, 0) is 19.1 Å². The molecular formula is C20H28O4. The molecule has 4 heteroatoms. The first-order valence-electron chi connectivity index (χ1n) is 8.94. The van der Waals surface area contributed by atoms with Crippen LogP contribution in [0.3, 0.4) is 0 Å². The highest BCUT2D eigenvalue weighted by atomic mass is 16.5. The highest BCUT2D eigenvalue weighted by molar-refractivity contribution is 5.87. The maximum absolute atomic E-state index is 12.4. The molecule has 1 heterocycles. The minimum absolute atomic E-state index is 0.0284. The van der Waals surface area contributed by atoms with E-state index in [1.54, 1.807) is 13.0 Å². The molecule has 0 radical (unpaired) electrons. The second-order valence-corrected chi connectivity index (χ2v) is 8.13. The summed E-state index contributed by atoms with van der Waals surface area (Å²) in [4.78, 5) is 24.6. The molecule has 3 aliphatic rings. The highest BCUT2D eigenvalue weighted by Gasteiger charge is 2.63. The number of carbonyl (C=O) groups is 2. The minimum Gasteiger partial charge on any atom is -0.460 e. The van der Waals surface area contributed by atoms with Crippen molar-refractivity contribution in [2.75, 3.05) is 6.61 Å². The maximum Gasteiger partial charge on any atom is 0.333 e. The van der Waals surface area contributed by atoms with Crippen LogP contribution in [0.5, 0.6) is 0 Å². The molecular weight excluding hydrogens is 304 g/mol. The fourth-order valence-corrected chi connectivity index (χ4v) is 5.03. The van der Waals surface area contributed by atoms with Gasteiger partial charge < -0.3 is 9.47 Å². The van der Waals surface area contributed by atoms with Gasteiger partial charge in [-0.2, -0.15) is 0 Å². The van der Waals surface area contributed by atoms with Gasteiger partial charge in [-0.25, -0.2) is 4.79 Å². The fourth-order valence-electron chi connectivity index (χ4n) is 5.03. The van der Waals surface area contributed by atoms with Crippen LogP contribution in [0.4, 0.5) is 0 Å². The Balaban J connectivity index is 1.82. The van der Waals surface area contributed by atoms with Crippen LogP contribution in [0.2, 0.25) is 0 Å². The van der Waals surface area contributed by atoms with E-state index in [0.29, 0.717) is 18.1 Å². The van der Waals surface area contributed by atoms with E-state index in [2.05, 4.69) is 20.4 Å². The lowest BCUT2D eigenvalue weighted by atomic mass is 9.62. The van der Waals surface area contributed by atoms with Crippen LogP contribution in [0, 0.1) is 22.7 Å². The van der Waals surface area contributed by atoms with Crippen molar-refractivity contribution in [3.05, 3.63) is 23.8 Å². The Kier molecular flexibility index (Phi) is 4.13. The summed E-state index contributed by atoms with van der Waals surface area (Å²) < 4.78 is 11.1. The molecule has 0 amide bonds. The van der Waals surface area contributed by atoms with Crippen molar-refractivity contribution in [2.24, 2.45) is 22.7 Å². The molecule has 0 aromatic rings. The Hall–Kier alpha value is -1.58. The molecule has 24 heavy (non-hydrogen) atoms. The number of carbonyl (C=O) groups excluding carboxylic acids is 2. The summed E-state index contributed by atoms with van der Waals surface area (Å²) >= 11 is 0. The SMILES string of the molecule is C=C1COC(=O)[C@@]12C[C@H]1CCC(OC(=O)/C(C)=C/C)[C@H](C)[C@@]1(C)C2. The van der Waals surface area contributed by atoms with Gasteiger partial charge in [0.25, 0.3) is 0 Å². The van der Waals surface area contributed by atoms with Gasteiger partial charge in [-0.05, 0) is 62.4 Å². The third-order valence-corrected chi connectivity index (χ3v) is 7.07. The van der Waals surface area contributed by atoms with E-state index in [4.69, 9.17) is 9.47 Å². The van der Waals surface area contributed by atoms with E-state index in [-0.39, 0.29) is 29.4 Å². The molecule has 0 aromatic carbocycles. The quantitative estimate of drug-likeness (QED) is 0.438. The fraction of sp³-hybridized carbons (Fsp3) is 0.700. The average Bonchev–Trinajstić information content (AvgIpc) is 3.02. The van der Waals surface area contributed by atoms with Crippen molar-refractivity contribution in [1.29, 1.82) is 0 Å². The summed E-state index contributed by atoms with van der Waals surface area (Å²) in [6.45, 7) is 12.5. The number of hydrogen-bond acceptors (Lipinski definition) is 4. The van der Waals surface area contributed by atoms with Crippen molar-refractivity contribution in [3.8, 4) is 0 Å². The van der Waals surface area contributed by atoms with Gasteiger partial charge >= 0.3 is 11.9 Å². The lowest BCUT2D eigenvalue weighted by Gasteiger charge is -2.46. The van der Waals surface area contributed by atoms with E-state index >= 15 is 0 Å². The first-order valence-corrected chi connectivity index (χ1v) is 8.94. The molecule has 5 atom stereocenters. The van der Waals surface area contributed by atoms with E-state index in [0.717, 1.165) is 31.3 Å². The van der Waals surface area contributed by atoms with Gasteiger partial charge in [-0.3, -0.25) is 4.79 Å². The number of esters is 2. The summed E-state index contributed by atoms with van der Waals surface area (Å²) in [5, 5.41) is 0. The maximum atomic E-state index is 12.4. The predicted molar refractivity (Wildman–Crippen MR) is 91.1 cm³/mol. The van der Waals surface area contributed by atoms with Crippen LogP contribution >= 0.6 is 0 Å². The van der Waals surface area contributed by atoms with Crippen molar-refractivity contribution >= 4 is 11.9 Å². The standard InChI is InChI=1S/C20H28O4/c1-6-12(2)17(21)24-16-8-7-15-9-20(11-19(15,5)14(16)4)13(3)10-23-18(20)22/h6,14-16H,3,7-11H2,1-2,4-5H3/b12-6+/t14-,15+,16?,19+,20+/m0/s1. The predicted octanol–water partition coefficient (Wildman–Crippen LogP) is 3.81. The molecule has 4 nitrogen and oxygen atoms in total. The van der Waals surface area contributed by atoms with Gasteiger partial charge in [-0.1, -0.05) is 26.5 Å². The number of allylic oxidation sites excluding steroid dienone is 1. The molecule has 3 fully saturated rings. The molecule has 0 aromatic heterocycles. The normalized spacial score (nSPS) is 42.2. The summed E-state index contributed by atoms with van der Waals surface area (Å²) in [6, 6.07) is 0. The van der Waals surface area contributed by atoms with Gasteiger partial charge in [0.15, 0.2) is 0 Å². The highest BCUT2D eigenvalue weighted by Crippen LogP contribution is 2.65. The largest absolute Gasteiger partial charge is 0.460 e. The van der Waals surface area contributed by atoms with Gasteiger partial charge in [0.2, 0.25) is 0 Å². The van der Waals surface area contributed by atoms with Gasteiger partial charge in [0.05, 0.1) is 5.41 Å². The monoisotopic (exact) mass is 332 g/mol. The molecule has 0 bridgehead atoms. The number of fused-ring (bicyclic) bond motifs is 1. The lowest BCUT2D eigenvalue weighted by molar-refractivity contribution is -0.155. The third kappa shape index (κ3) is 2.34. The van der Waals surface area contributed by atoms with Crippen LogP contribution in [-0.4, -0.2) is 24.6 Å². The Labute approximate surface area is 144 Å². The Bertz CT molecular complexity index is 601. The summed E-state index contributed by atoms with van der Waals surface area (Å²) in [7, 11) is 0. The Morgan fingerprint density at radius 1 is 1.42 bits per heavy atom. The summed E-state index contributed by atoms with van der Waals surface area (Å²) in [5.74, 6) is 0.334. The topological polar surface area (TPSA) is 52.6 Å². The van der Waals surface area contributed by atoms with Crippen LogP contribution < -0.4 is 0 Å². The second kappa shape index (κ2) is 5.75. The molecule has 3 rings (SSSR count). The van der Waals surface area contributed by atoms with E-state index in [9.17, 15) is 9.59 Å². The zero-order valence-electron chi connectivity index (χ0n) is 15.2. The zero-order chi connectivity index (χ0) is 17.7. The zero-order valence-corrected chi connectivity index (χ0v) is 15.2. The van der Waals surface area contributed by atoms with E-state index < -0.39 is 5.41 Å². The number of cyclic esters (lactones) is 1. The van der Waals surface area contributed by atoms with Crippen LogP contribution in [0.25, 0.3) is 0 Å². The second-order valence-electron chi connectivity index (χ2n) is 8.13. The first-order chi connectivity index (χ1) is 11.2. The number of rotatable bonds is 2. The smallest absolute Gasteiger partial charge is 0.333 e. The first kappa shape index (κ1) is 17.2. The molecule has 2 aliphatic carbocycles. The van der Waals surface area contributed by atoms with E-state index in [1.807, 2.05) is 6.92 Å². The van der Waals surface area contributed by atoms with Crippen molar-refractivity contribution in [2.45, 2.75) is 59.5 Å². The van der Waals surface area contributed by atoms with Gasteiger partial charge in [-0.15, -0.1) is 0 Å². The third-order valence-electron chi connectivity index (χ3n) is 7.07. The van der Waals surface area contributed by atoms with Gasteiger partial charge in [0.1, 0.15) is 12.7 Å². The average molecular weight is 332 g/mol. The Morgan fingerprint density at radius 3 is 2.71 bits per heavy atom. The van der Waals surface area contributed by atoms with Gasteiger partial charge in [0, 0.05) is 5.57 Å². The van der Waals surface area contributed by atoms with E-state index in [1.165, 1.54) is 0 Å². The molecule has 1 spiro atoms. The number of ether oxygens (including phenoxy) is 2.